The summed E-state index contributed by atoms with van der Waals surface area (Å²) in [5.74, 6) is 0.0672. The summed E-state index contributed by atoms with van der Waals surface area (Å²) in [5, 5.41) is 3.58. The molecule has 6 heteroatoms. The molecule has 1 N–H and O–H groups in total. The molecular weight excluding hydrogens is 448 g/mol. The maximum absolute atomic E-state index is 13.5. The fourth-order valence-electron chi connectivity index (χ4n) is 3.56. The third-order valence-electron chi connectivity index (χ3n) is 5.17. The van der Waals surface area contributed by atoms with Gasteiger partial charge in [0.15, 0.2) is 6.61 Å². The number of carbonyl (C=O) groups is 2. The maximum Gasteiger partial charge on any atom is 0.261 e. The van der Waals surface area contributed by atoms with Gasteiger partial charge in [0.1, 0.15) is 11.8 Å². The average Bonchev–Trinajstić information content (AvgIpc) is 2.81. The molecule has 0 aromatic heterocycles. The first-order valence-electron chi connectivity index (χ1n) is 11.3. The number of para-hydroxylation sites is 1. The summed E-state index contributed by atoms with van der Waals surface area (Å²) in [6, 6.07) is 25.4. The quantitative estimate of drug-likeness (QED) is 0.455. The van der Waals surface area contributed by atoms with Gasteiger partial charge < -0.3 is 15.0 Å². The van der Waals surface area contributed by atoms with Gasteiger partial charge in [0, 0.05) is 23.5 Å². The van der Waals surface area contributed by atoms with Crippen molar-refractivity contribution >= 4 is 23.4 Å². The fourth-order valence-corrected chi connectivity index (χ4v) is 3.76. The van der Waals surface area contributed by atoms with Crippen molar-refractivity contribution in [3.63, 3.8) is 0 Å². The SMILES string of the molecule is CC(C)(C)NC(=O)[C@H](Cc1ccccc1)N(Cc1ccccc1Cl)C(=O)COc1ccccc1. The van der Waals surface area contributed by atoms with Crippen molar-refractivity contribution in [3.8, 4) is 5.75 Å². The van der Waals surface area contributed by atoms with E-state index in [1.54, 1.807) is 23.1 Å². The van der Waals surface area contributed by atoms with Gasteiger partial charge in [0.05, 0.1) is 0 Å². The zero-order valence-corrected chi connectivity index (χ0v) is 20.6. The van der Waals surface area contributed by atoms with E-state index in [2.05, 4.69) is 5.32 Å². The molecule has 0 aliphatic rings. The van der Waals surface area contributed by atoms with Crippen molar-refractivity contribution in [2.75, 3.05) is 6.61 Å². The normalized spacial score (nSPS) is 12.0. The second-order valence-electron chi connectivity index (χ2n) is 9.16. The van der Waals surface area contributed by atoms with Gasteiger partial charge in [-0.25, -0.2) is 0 Å². The summed E-state index contributed by atoms with van der Waals surface area (Å²) in [7, 11) is 0. The number of amides is 2. The van der Waals surface area contributed by atoms with Gasteiger partial charge in [-0.2, -0.15) is 0 Å². The van der Waals surface area contributed by atoms with E-state index in [0.29, 0.717) is 17.2 Å². The molecule has 0 saturated heterocycles. The largest absolute Gasteiger partial charge is 0.484 e. The third-order valence-corrected chi connectivity index (χ3v) is 5.54. The Morgan fingerprint density at radius 2 is 1.50 bits per heavy atom. The molecular formula is C28H31ClN2O3. The van der Waals surface area contributed by atoms with E-state index in [9.17, 15) is 9.59 Å². The summed E-state index contributed by atoms with van der Waals surface area (Å²) < 4.78 is 5.74. The predicted molar refractivity (Wildman–Crippen MR) is 136 cm³/mol. The second-order valence-corrected chi connectivity index (χ2v) is 9.57. The van der Waals surface area contributed by atoms with Crippen molar-refractivity contribution in [2.45, 2.75) is 45.3 Å². The molecule has 0 radical (unpaired) electrons. The zero-order valence-electron chi connectivity index (χ0n) is 19.8. The summed E-state index contributed by atoms with van der Waals surface area (Å²) >= 11 is 6.43. The first-order chi connectivity index (χ1) is 16.2. The molecule has 3 aromatic carbocycles. The van der Waals surface area contributed by atoms with E-state index in [1.165, 1.54) is 0 Å². The highest BCUT2D eigenvalue weighted by Crippen LogP contribution is 2.21. The minimum atomic E-state index is -0.746. The molecule has 3 aromatic rings. The van der Waals surface area contributed by atoms with Gasteiger partial charge in [-0.15, -0.1) is 0 Å². The first-order valence-corrected chi connectivity index (χ1v) is 11.7. The smallest absolute Gasteiger partial charge is 0.261 e. The maximum atomic E-state index is 13.5. The van der Waals surface area contributed by atoms with Crippen LogP contribution in [0.3, 0.4) is 0 Å². The van der Waals surface area contributed by atoms with Crippen molar-refractivity contribution in [3.05, 3.63) is 101 Å². The number of benzene rings is 3. The molecule has 0 aliphatic carbocycles. The average molecular weight is 479 g/mol. The van der Waals surface area contributed by atoms with Crippen LogP contribution >= 0.6 is 11.6 Å². The van der Waals surface area contributed by atoms with Crippen LogP contribution in [0.4, 0.5) is 0 Å². The van der Waals surface area contributed by atoms with Crippen LogP contribution in [0, 0.1) is 0 Å². The molecule has 0 spiro atoms. The van der Waals surface area contributed by atoms with Crippen LogP contribution in [0.15, 0.2) is 84.9 Å². The molecule has 0 unspecified atom stereocenters. The highest BCUT2D eigenvalue weighted by atomic mass is 35.5. The van der Waals surface area contributed by atoms with E-state index < -0.39 is 11.6 Å². The third kappa shape index (κ3) is 7.63. The molecule has 0 aliphatic heterocycles. The molecule has 178 valence electrons. The van der Waals surface area contributed by atoms with Crippen LogP contribution in [-0.2, 0) is 22.6 Å². The molecule has 0 fully saturated rings. The minimum Gasteiger partial charge on any atom is -0.484 e. The Morgan fingerprint density at radius 1 is 0.912 bits per heavy atom. The number of nitrogens with zero attached hydrogens (tertiary/aromatic N) is 1. The van der Waals surface area contributed by atoms with Gasteiger partial charge in [0.2, 0.25) is 5.91 Å². The van der Waals surface area contributed by atoms with Crippen molar-refractivity contribution in [1.29, 1.82) is 0 Å². The van der Waals surface area contributed by atoms with Crippen LogP contribution in [0.5, 0.6) is 5.75 Å². The Kier molecular flexibility index (Phi) is 8.72. The highest BCUT2D eigenvalue weighted by Gasteiger charge is 2.32. The number of ether oxygens (including phenoxy) is 1. The van der Waals surface area contributed by atoms with Crippen LogP contribution in [0.2, 0.25) is 5.02 Å². The monoisotopic (exact) mass is 478 g/mol. The van der Waals surface area contributed by atoms with Crippen LogP contribution < -0.4 is 10.1 Å². The second kappa shape index (κ2) is 11.7. The molecule has 1 atom stereocenters. The van der Waals surface area contributed by atoms with Crippen LogP contribution in [0.1, 0.15) is 31.9 Å². The van der Waals surface area contributed by atoms with Crippen LogP contribution in [0.25, 0.3) is 0 Å². The molecule has 3 rings (SSSR count). The van der Waals surface area contributed by atoms with Crippen LogP contribution in [-0.4, -0.2) is 34.9 Å². The molecule has 2 amide bonds. The van der Waals surface area contributed by atoms with Crippen molar-refractivity contribution < 1.29 is 14.3 Å². The number of carbonyl (C=O) groups excluding carboxylic acids is 2. The lowest BCUT2D eigenvalue weighted by molar-refractivity contribution is -0.143. The molecule has 34 heavy (non-hydrogen) atoms. The van der Waals surface area contributed by atoms with Crippen molar-refractivity contribution in [2.24, 2.45) is 0 Å². The molecule has 0 heterocycles. The summed E-state index contributed by atoms with van der Waals surface area (Å²) in [6.45, 7) is 5.75. The lowest BCUT2D eigenvalue weighted by atomic mass is 10.0. The predicted octanol–water partition coefficient (Wildman–Crippen LogP) is 5.27. The fraction of sp³-hybridized carbons (Fsp3) is 0.286. The van der Waals surface area contributed by atoms with E-state index >= 15 is 0 Å². The lowest BCUT2D eigenvalue weighted by Crippen LogP contribution is -2.55. The highest BCUT2D eigenvalue weighted by molar-refractivity contribution is 6.31. The summed E-state index contributed by atoms with van der Waals surface area (Å²) in [4.78, 5) is 28.6. The van der Waals surface area contributed by atoms with E-state index in [0.717, 1.165) is 11.1 Å². The Bertz CT molecular complexity index is 1080. The number of nitrogens with one attached hydrogen (secondary N) is 1. The Hall–Kier alpha value is -3.31. The van der Waals surface area contributed by atoms with Crippen molar-refractivity contribution in [1.82, 2.24) is 10.2 Å². The number of hydrogen-bond donors (Lipinski definition) is 1. The molecule has 0 bridgehead atoms. The van der Waals surface area contributed by atoms with E-state index in [4.69, 9.17) is 16.3 Å². The molecule has 0 saturated carbocycles. The van der Waals surface area contributed by atoms with Gasteiger partial charge in [-0.1, -0.05) is 78.3 Å². The first kappa shape index (κ1) is 25.3. The number of hydrogen-bond acceptors (Lipinski definition) is 3. The minimum absolute atomic E-state index is 0.186. The van der Waals surface area contributed by atoms with E-state index in [-0.39, 0.29) is 25.0 Å². The Balaban J connectivity index is 1.94. The zero-order chi connectivity index (χ0) is 24.6. The Morgan fingerprint density at radius 3 is 2.12 bits per heavy atom. The van der Waals surface area contributed by atoms with E-state index in [1.807, 2.05) is 87.5 Å². The number of halogens is 1. The van der Waals surface area contributed by atoms with Gasteiger partial charge in [0.25, 0.3) is 5.91 Å². The number of rotatable bonds is 9. The Labute approximate surface area is 206 Å². The topological polar surface area (TPSA) is 58.6 Å². The summed E-state index contributed by atoms with van der Waals surface area (Å²) in [6.07, 6.45) is 0.365. The molecule has 5 nitrogen and oxygen atoms in total. The van der Waals surface area contributed by atoms with Gasteiger partial charge in [-0.05, 0) is 50.1 Å². The summed E-state index contributed by atoms with van der Waals surface area (Å²) in [5.41, 5.74) is 1.27. The van der Waals surface area contributed by atoms with Gasteiger partial charge in [-0.3, -0.25) is 9.59 Å². The standard InChI is InChI=1S/C28H31ClN2O3/c1-28(2,3)30-27(33)25(18-21-12-6-4-7-13-21)31(19-22-14-10-11-17-24(22)29)26(32)20-34-23-15-8-5-9-16-23/h4-17,25H,18-20H2,1-3H3,(H,30,33)/t25-/m0/s1. The lowest BCUT2D eigenvalue weighted by Gasteiger charge is -2.34. The van der Waals surface area contributed by atoms with Gasteiger partial charge >= 0.3 is 0 Å².